The van der Waals surface area contributed by atoms with E-state index in [9.17, 15) is 5.11 Å². The molecule has 2 aromatic carbocycles. The molecule has 1 heterocycles. The highest BCUT2D eigenvalue weighted by atomic mass is 35.5. The number of hydrogen-bond donors (Lipinski definition) is 2. The van der Waals surface area contributed by atoms with Crippen LogP contribution in [0.25, 0.3) is 22.2 Å². The maximum atomic E-state index is 9.91. The van der Waals surface area contributed by atoms with Gasteiger partial charge in [-0.25, -0.2) is 4.98 Å². The Balaban J connectivity index is 0.00000243. The number of para-hydroxylation sites is 1. The van der Waals surface area contributed by atoms with E-state index in [1.54, 1.807) is 14.2 Å². The Kier molecular flexibility index (Phi) is 7.21. The zero-order chi connectivity index (χ0) is 17.6. The fourth-order valence-electron chi connectivity index (χ4n) is 2.65. The molecular formula is C20H23ClN2O3. The summed E-state index contributed by atoms with van der Waals surface area (Å²) in [5.41, 5.74) is 2.65. The molecule has 0 saturated heterocycles. The lowest BCUT2D eigenvalue weighted by Crippen LogP contribution is -2.29. The molecule has 0 aliphatic carbocycles. The van der Waals surface area contributed by atoms with Gasteiger partial charge in [-0.3, -0.25) is 0 Å². The molecule has 0 fully saturated rings. The van der Waals surface area contributed by atoms with E-state index in [0.717, 1.165) is 27.9 Å². The van der Waals surface area contributed by atoms with Crippen LogP contribution in [-0.2, 0) is 0 Å². The van der Waals surface area contributed by atoms with Gasteiger partial charge in [0.15, 0.2) is 0 Å². The molecule has 0 unspecified atom stereocenters. The average molecular weight is 375 g/mol. The maximum Gasteiger partial charge on any atom is 0.131 e. The van der Waals surface area contributed by atoms with Gasteiger partial charge in [0.1, 0.15) is 24.2 Å². The van der Waals surface area contributed by atoms with Gasteiger partial charge in [-0.05, 0) is 43.4 Å². The highest BCUT2D eigenvalue weighted by Gasteiger charge is 2.11. The molecule has 3 rings (SSSR count). The molecule has 1 aromatic heterocycles. The van der Waals surface area contributed by atoms with E-state index >= 15 is 0 Å². The summed E-state index contributed by atoms with van der Waals surface area (Å²) in [6.07, 6.45) is -0.568. The van der Waals surface area contributed by atoms with Gasteiger partial charge < -0.3 is 19.9 Å². The normalized spacial score (nSPS) is 11.7. The second-order valence-corrected chi connectivity index (χ2v) is 5.77. The zero-order valence-electron chi connectivity index (χ0n) is 14.8. The fraction of sp³-hybridized carbons (Fsp3) is 0.250. The Morgan fingerprint density at radius 1 is 1.12 bits per heavy atom. The van der Waals surface area contributed by atoms with E-state index in [1.165, 1.54) is 0 Å². The molecule has 0 bridgehead atoms. The number of hydrogen-bond acceptors (Lipinski definition) is 5. The number of halogens is 1. The smallest absolute Gasteiger partial charge is 0.131 e. The van der Waals surface area contributed by atoms with Gasteiger partial charge in [0.05, 0.1) is 18.3 Å². The Hall–Kier alpha value is -2.34. The van der Waals surface area contributed by atoms with Crippen LogP contribution in [0.5, 0.6) is 11.5 Å². The van der Waals surface area contributed by atoms with Crippen LogP contribution in [0.4, 0.5) is 0 Å². The molecule has 2 N–H and O–H groups in total. The number of nitrogens with zero attached hydrogens (tertiary/aromatic N) is 1. The SMILES string of the molecule is CNC[C@H](O)COc1cc(-c2ccc(OC)cc2)nc2ccccc12.Cl. The number of benzene rings is 2. The Bertz CT molecular complexity index is 840. The highest BCUT2D eigenvalue weighted by molar-refractivity contribution is 5.88. The van der Waals surface area contributed by atoms with Crippen LogP contribution < -0.4 is 14.8 Å². The molecule has 0 aliphatic heterocycles. The summed E-state index contributed by atoms with van der Waals surface area (Å²) in [7, 11) is 3.44. The number of nitrogens with one attached hydrogen (secondary N) is 1. The average Bonchev–Trinajstić information content (AvgIpc) is 2.66. The van der Waals surface area contributed by atoms with Crippen LogP contribution in [0, 0.1) is 0 Å². The first-order valence-corrected chi connectivity index (χ1v) is 8.21. The van der Waals surface area contributed by atoms with Gasteiger partial charge in [-0.15, -0.1) is 12.4 Å². The van der Waals surface area contributed by atoms with E-state index in [4.69, 9.17) is 14.5 Å². The topological polar surface area (TPSA) is 63.6 Å². The van der Waals surface area contributed by atoms with Crippen molar-refractivity contribution in [3.05, 3.63) is 54.6 Å². The van der Waals surface area contributed by atoms with E-state index in [1.807, 2.05) is 54.6 Å². The number of aliphatic hydroxyl groups is 1. The summed E-state index contributed by atoms with van der Waals surface area (Å²) in [5, 5.41) is 13.8. The standard InChI is InChI=1S/C20H22N2O3.ClH/c1-21-12-15(23)13-25-20-11-19(14-7-9-16(24-2)10-8-14)22-18-6-4-3-5-17(18)20;/h3-11,15,21,23H,12-13H2,1-2H3;1H/t15-;/m0./s1. The zero-order valence-corrected chi connectivity index (χ0v) is 15.6. The van der Waals surface area contributed by atoms with Gasteiger partial charge in [-0.2, -0.15) is 0 Å². The quantitative estimate of drug-likeness (QED) is 0.664. The summed E-state index contributed by atoms with van der Waals surface area (Å²) in [6.45, 7) is 0.700. The van der Waals surface area contributed by atoms with Crippen LogP contribution in [0.15, 0.2) is 54.6 Å². The lowest BCUT2D eigenvalue weighted by molar-refractivity contribution is 0.109. The lowest BCUT2D eigenvalue weighted by atomic mass is 10.1. The predicted octanol–water partition coefficient (Wildman–Crippen LogP) is 3.29. The van der Waals surface area contributed by atoms with E-state index in [2.05, 4.69) is 5.32 Å². The summed E-state index contributed by atoms with van der Waals surface area (Å²) >= 11 is 0. The van der Waals surface area contributed by atoms with Crippen molar-refractivity contribution in [2.75, 3.05) is 27.3 Å². The van der Waals surface area contributed by atoms with Crippen LogP contribution in [0.3, 0.4) is 0 Å². The van der Waals surface area contributed by atoms with E-state index < -0.39 is 6.10 Å². The second kappa shape index (κ2) is 9.38. The van der Waals surface area contributed by atoms with Gasteiger partial charge in [0.25, 0.3) is 0 Å². The Morgan fingerprint density at radius 3 is 2.54 bits per heavy atom. The second-order valence-electron chi connectivity index (χ2n) is 5.77. The summed E-state index contributed by atoms with van der Waals surface area (Å²) in [6, 6.07) is 17.5. The third-order valence-corrected chi connectivity index (χ3v) is 3.93. The molecule has 26 heavy (non-hydrogen) atoms. The molecule has 0 radical (unpaired) electrons. The first kappa shape index (κ1) is 20.0. The van der Waals surface area contributed by atoms with Crippen LogP contribution >= 0.6 is 12.4 Å². The first-order valence-electron chi connectivity index (χ1n) is 8.21. The minimum Gasteiger partial charge on any atom is -0.497 e. The highest BCUT2D eigenvalue weighted by Crippen LogP contribution is 2.30. The lowest BCUT2D eigenvalue weighted by Gasteiger charge is -2.15. The van der Waals surface area contributed by atoms with Crippen molar-refractivity contribution in [3.63, 3.8) is 0 Å². The number of rotatable bonds is 7. The van der Waals surface area contributed by atoms with Crippen molar-refractivity contribution < 1.29 is 14.6 Å². The summed E-state index contributed by atoms with van der Waals surface area (Å²) < 4.78 is 11.1. The Labute approximate surface area is 159 Å². The molecule has 0 saturated carbocycles. The molecule has 0 aliphatic rings. The van der Waals surface area contributed by atoms with Crippen molar-refractivity contribution in [1.82, 2.24) is 10.3 Å². The van der Waals surface area contributed by atoms with Crippen molar-refractivity contribution in [1.29, 1.82) is 0 Å². The van der Waals surface area contributed by atoms with Gasteiger partial charge in [-0.1, -0.05) is 12.1 Å². The van der Waals surface area contributed by atoms with Crippen LogP contribution in [-0.4, -0.2) is 43.5 Å². The number of pyridine rings is 1. The molecule has 0 spiro atoms. The summed E-state index contributed by atoms with van der Waals surface area (Å²) in [4.78, 5) is 4.73. The number of fused-ring (bicyclic) bond motifs is 1. The molecular weight excluding hydrogens is 352 g/mol. The maximum absolute atomic E-state index is 9.91. The predicted molar refractivity (Wildman–Crippen MR) is 106 cm³/mol. The van der Waals surface area contributed by atoms with Gasteiger partial charge >= 0.3 is 0 Å². The Morgan fingerprint density at radius 2 is 1.85 bits per heavy atom. The molecule has 6 heteroatoms. The van der Waals surface area contributed by atoms with Gasteiger partial charge in [0, 0.05) is 23.6 Å². The fourth-order valence-corrected chi connectivity index (χ4v) is 2.65. The van der Waals surface area contributed by atoms with Crippen molar-refractivity contribution in [3.8, 4) is 22.8 Å². The van der Waals surface area contributed by atoms with E-state index in [0.29, 0.717) is 12.3 Å². The van der Waals surface area contributed by atoms with Gasteiger partial charge in [0.2, 0.25) is 0 Å². The molecule has 3 aromatic rings. The molecule has 138 valence electrons. The largest absolute Gasteiger partial charge is 0.497 e. The van der Waals surface area contributed by atoms with Crippen molar-refractivity contribution in [2.45, 2.75) is 6.10 Å². The monoisotopic (exact) mass is 374 g/mol. The molecule has 5 nitrogen and oxygen atoms in total. The number of aromatic nitrogens is 1. The number of ether oxygens (including phenoxy) is 2. The molecule has 0 amide bonds. The van der Waals surface area contributed by atoms with Crippen molar-refractivity contribution >= 4 is 23.3 Å². The van der Waals surface area contributed by atoms with Crippen LogP contribution in [0.2, 0.25) is 0 Å². The van der Waals surface area contributed by atoms with Crippen LogP contribution in [0.1, 0.15) is 0 Å². The number of methoxy groups -OCH3 is 1. The minimum atomic E-state index is -0.568. The molecule has 1 atom stereocenters. The third-order valence-electron chi connectivity index (χ3n) is 3.93. The van der Waals surface area contributed by atoms with E-state index in [-0.39, 0.29) is 19.0 Å². The minimum absolute atomic E-state index is 0. The number of likely N-dealkylation sites (N-methyl/N-ethyl adjacent to an activating group) is 1. The summed E-state index contributed by atoms with van der Waals surface area (Å²) in [5.74, 6) is 1.52. The number of aliphatic hydroxyl groups excluding tert-OH is 1. The third kappa shape index (κ3) is 4.64. The first-order chi connectivity index (χ1) is 12.2. The van der Waals surface area contributed by atoms with Crippen molar-refractivity contribution in [2.24, 2.45) is 0 Å².